The van der Waals surface area contributed by atoms with Crippen LogP contribution < -0.4 is 5.32 Å². The molecule has 2 aromatic carbocycles. The number of hydrogen-bond acceptors (Lipinski definition) is 2. The summed E-state index contributed by atoms with van der Waals surface area (Å²) in [4.78, 5) is 1.35. The Hall–Kier alpha value is -1.25. The molecule has 1 nitrogen and oxygen atoms in total. The van der Waals surface area contributed by atoms with Gasteiger partial charge in [0.05, 0.1) is 0 Å². The molecule has 0 spiro atoms. The minimum atomic E-state index is 0.976. The quantitative estimate of drug-likeness (QED) is 0.580. The average molecular weight is 285 g/mol. The number of nitrogens with one attached hydrogen (secondary N) is 1. The second-order valence-electron chi connectivity index (χ2n) is 5.04. The summed E-state index contributed by atoms with van der Waals surface area (Å²) < 4.78 is 0. The first-order chi connectivity index (χ1) is 9.79. The Kier molecular flexibility index (Phi) is 6.16. The van der Waals surface area contributed by atoms with E-state index in [4.69, 9.17) is 0 Å². The van der Waals surface area contributed by atoms with E-state index in [1.165, 1.54) is 28.0 Å². The lowest BCUT2D eigenvalue weighted by Gasteiger charge is -2.09. The fourth-order valence-electron chi connectivity index (χ4n) is 2.10. The Morgan fingerprint density at radius 1 is 1.05 bits per heavy atom. The molecule has 2 aromatic rings. The molecule has 0 bridgehead atoms. The summed E-state index contributed by atoms with van der Waals surface area (Å²) in [6.07, 6.45) is 1.18. The third-order valence-electron chi connectivity index (χ3n) is 3.30. The molecule has 0 aliphatic rings. The summed E-state index contributed by atoms with van der Waals surface area (Å²) in [5, 5.41) is 3.46. The molecular formula is C18H23NS. The molecular weight excluding hydrogens is 262 g/mol. The van der Waals surface area contributed by atoms with Crippen molar-refractivity contribution in [1.29, 1.82) is 0 Å². The third kappa shape index (κ3) is 4.69. The largest absolute Gasteiger partial charge is 0.313 e. The van der Waals surface area contributed by atoms with Gasteiger partial charge in [-0.2, -0.15) is 0 Å². The Morgan fingerprint density at radius 2 is 1.85 bits per heavy atom. The van der Waals surface area contributed by atoms with Crippen molar-refractivity contribution in [3.8, 4) is 0 Å². The van der Waals surface area contributed by atoms with Crippen LogP contribution in [0.3, 0.4) is 0 Å². The molecule has 106 valence electrons. The van der Waals surface area contributed by atoms with E-state index >= 15 is 0 Å². The zero-order chi connectivity index (χ0) is 14.2. The van der Waals surface area contributed by atoms with E-state index in [0.29, 0.717) is 0 Å². The lowest BCUT2D eigenvalue weighted by molar-refractivity contribution is 0.673. The van der Waals surface area contributed by atoms with E-state index in [-0.39, 0.29) is 0 Å². The van der Waals surface area contributed by atoms with Gasteiger partial charge in [-0.3, -0.25) is 0 Å². The van der Waals surface area contributed by atoms with Crippen molar-refractivity contribution < 1.29 is 0 Å². The second kappa shape index (κ2) is 8.13. The van der Waals surface area contributed by atoms with Crippen LogP contribution in [0.5, 0.6) is 0 Å². The topological polar surface area (TPSA) is 12.0 Å². The standard InChI is InChI=1S/C18H23NS/c1-3-11-19-13-17-9-10-18(12-15(17)2)20-14-16-7-5-4-6-8-16/h4-10,12,19H,3,11,13-14H2,1-2H3. The number of rotatable bonds is 7. The minimum Gasteiger partial charge on any atom is -0.313 e. The molecule has 2 heteroatoms. The van der Waals surface area contributed by atoms with Crippen molar-refractivity contribution in [2.24, 2.45) is 0 Å². The number of benzene rings is 2. The Labute approximate surface area is 126 Å². The number of aryl methyl sites for hydroxylation is 1. The zero-order valence-electron chi connectivity index (χ0n) is 12.4. The highest BCUT2D eigenvalue weighted by molar-refractivity contribution is 7.98. The van der Waals surface area contributed by atoms with Crippen molar-refractivity contribution in [2.45, 2.75) is 37.5 Å². The highest BCUT2D eigenvalue weighted by Gasteiger charge is 2.01. The summed E-state index contributed by atoms with van der Waals surface area (Å²) in [5.41, 5.74) is 4.16. The highest BCUT2D eigenvalue weighted by atomic mass is 32.2. The van der Waals surface area contributed by atoms with Crippen LogP contribution in [-0.2, 0) is 12.3 Å². The summed E-state index contributed by atoms with van der Waals surface area (Å²) >= 11 is 1.90. The van der Waals surface area contributed by atoms with Gasteiger partial charge in [-0.15, -0.1) is 11.8 Å². The van der Waals surface area contributed by atoms with Crippen LogP contribution in [0.15, 0.2) is 53.4 Å². The van der Waals surface area contributed by atoms with Crippen LogP contribution in [-0.4, -0.2) is 6.54 Å². The van der Waals surface area contributed by atoms with Gasteiger partial charge in [0, 0.05) is 17.2 Å². The van der Waals surface area contributed by atoms with Crippen molar-refractivity contribution >= 4 is 11.8 Å². The van der Waals surface area contributed by atoms with E-state index in [0.717, 1.165) is 18.8 Å². The van der Waals surface area contributed by atoms with Crippen LogP contribution in [0.4, 0.5) is 0 Å². The maximum Gasteiger partial charge on any atom is 0.0231 e. The van der Waals surface area contributed by atoms with Gasteiger partial charge in [0.2, 0.25) is 0 Å². The lowest BCUT2D eigenvalue weighted by Crippen LogP contribution is -2.14. The normalized spacial score (nSPS) is 10.7. The molecule has 1 N–H and O–H groups in total. The fourth-order valence-corrected chi connectivity index (χ4v) is 3.05. The molecule has 0 fully saturated rings. The van der Waals surface area contributed by atoms with Crippen LogP contribution in [0.1, 0.15) is 30.0 Å². The van der Waals surface area contributed by atoms with E-state index in [9.17, 15) is 0 Å². The summed E-state index contributed by atoms with van der Waals surface area (Å²) in [7, 11) is 0. The van der Waals surface area contributed by atoms with E-state index in [1.54, 1.807) is 0 Å². The van der Waals surface area contributed by atoms with Gasteiger partial charge in [0.1, 0.15) is 0 Å². The Morgan fingerprint density at radius 3 is 2.55 bits per heavy atom. The molecule has 0 aromatic heterocycles. The van der Waals surface area contributed by atoms with Gasteiger partial charge in [-0.1, -0.05) is 43.3 Å². The molecule has 0 atom stereocenters. The van der Waals surface area contributed by atoms with Crippen LogP contribution in [0.25, 0.3) is 0 Å². The minimum absolute atomic E-state index is 0.976. The average Bonchev–Trinajstić information content (AvgIpc) is 2.48. The summed E-state index contributed by atoms with van der Waals surface area (Å²) in [6, 6.07) is 17.4. The second-order valence-corrected chi connectivity index (χ2v) is 6.09. The molecule has 0 saturated carbocycles. The fraction of sp³-hybridized carbons (Fsp3) is 0.333. The van der Waals surface area contributed by atoms with Crippen molar-refractivity contribution in [1.82, 2.24) is 5.32 Å². The van der Waals surface area contributed by atoms with Gasteiger partial charge in [-0.25, -0.2) is 0 Å². The van der Waals surface area contributed by atoms with Gasteiger partial charge < -0.3 is 5.32 Å². The van der Waals surface area contributed by atoms with E-state index in [2.05, 4.69) is 67.7 Å². The monoisotopic (exact) mass is 285 g/mol. The molecule has 0 heterocycles. The smallest absolute Gasteiger partial charge is 0.0231 e. The Balaban J connectivity index is 1.91. The number of hydrogen-bond donors (Lipinski definition) is 1. The molecule has 2 rings (SSSR count). The zero-order valence-corrected chi connectivity index (χ0v) is 13.2. The predicted molar refractivity (Wildman–Crippen MR) is 89.2 cm³/mol. The number of thioether (sulfide) groups is 1. The van der Waals surface area contributed by atoms with Crippen molar-refractivity contribution in [3.63, 3.8) is 0 Å². The molecule has 0 aliphatic heterocycles. The molecule has 0 radical (unpaired) electrons. The SMILES string of the molecule is CCCNCc1ccc(SCc2ccccc2)cc1C. The van der Waals surface area contributed by atoms with Crippen LogP contribution in [0, 0.1) is 6.92 Å². The van der Waals surface area contributed by atoms with Crippen molar-refractivity contribution in [3.05, 3.63) is 65.2 Å². The van der Waals surface area contributed by atoms with Crippen LogP contribution in [0.2, 0.25) is 0 Å². The lowest BCUT2D eigenvalue weighted by atomic mass is 10.1. The molecule has 20 heavy (non-hydrogen) atoms. The maximum atomic E-state index is 3.46. The first-order valence-corrected chi connectivity index (χ1v) is 8.25. The molecule has 0 aliphatic carbocycles. The highest BCUT2D eigenvalue weighted by Crippen LogP contribution is 2.24. The summed E-state index contributed by atoms with van der Waals surface area (Å²) in [5.74, 6) is 1.04. The maximum absolute atomic E-state index is 3.46. The van der Waals surface area contributed by atoms with Gasteiger partial charge in [-0.05, 0) is 48.7 Å². The van der Waals surface area contributed by atoms with Gasteiger partial charge in [0.15, 0.2) is 0 Å². The molecule has 0 amide bonds. The van der Waals surface area contributed by atoms with E-state index in [1.807, 2.05) is 11.8 Å². The van der Waals surface area contributed by atoms with Crippen molar-refractivity contribution in [2.75, 3.05) is 6.54 Å². The van der Waals surface area contributed by atoms with Gasteiger partial charge >= 0.3 is 0 Å². The van der Waals surface area contributed by atoms with Crippen LogP contribution >= 0.6 is 11.8 Å². The van der Waals surface area contributed by atoms with Gasteiger partial charge in [0.25, 0.3) is 0 Å². The first kappa shape index (κ1) is 15.1. The summed E-state index contributed by atoms with van der Waals surface area (Å²) in [6.45, 7) is 6.46. The van der Waals surface area contributed by atoms with E-state index < -0.39 is 0 Å². The molecule has 0 saturated heterocycles. The molecule has 0 unspecified atom stereocenters. The predicted octanol–water partition coefficient (Wildman–Crippen LogP) is 4.79. The third-order valence-corrected chi connectivity index (χ3v) is 4.37. The first-order valence-electron chi connectivity index (χ1n) is 7.26. The Bertz CT molecular complexity index is 522.